The maximum atomic E-state index is 13.5. The lowest BCUT2D eigenvalue weighted by Gasteiger charge is -2.29. The Bertz CT molecular complexity index is 432. The van der Waals surface area contributed by atoms with E-state index < -0.39 is 23.2 Å². The van der Waals surface area contributed by atoms with Crippen LogP contribution in [0.2, 0.25) is 0 Å². The van der Waals surface area contributed by atoms with Gasteiger partial charge in [0.05, 0.1) is 7.11 Å². The topological polar surface area (TPSA) is 72.5 Å². The molecule has 3 N–H and O–H groups in total. The largest absolute Gasteiger partial charge is 0.494 e. The number of carboxylic acids is 1. The lowest BCUT2D eigenvalue weighted by Crippen LogP contribution is -2.46. The molecule has 1 unspecified atom stereocenters. The summed E-state index contributed by atoms with van der Waals surface area (Å²) in [6.07, 6.45) is 0. The van der Waals surface area contributed by atoms with E-state index in [0.717, 1.165) is 0 Å². The number of ether oxygens (including phenoxy) is 1. The van der Waals surface area contributed by atoms with Gasteiger partial charge in [-0.3, -0.25) is 4.79 Å². The van der Waals surface area contributed by atoms with Crippen molar-refractivity contribution < 1.29 is 19.0 Å². The van der Waals surface area contributed by atoms with Gasteiger partial charge in [0.25, 0.3) is 0 Å². The molecule has 0 saturated carbocycles. The van der Waals surface area contributed by atoms with Gasteiger partial charge >= 0.3 is 5.97 Å². The van der Waals surface area contributed by atoms with Gasteiger partial charge in [-0.15, -0.1) is 0 Å². The molecule has 0 fully saturated rings. The predicted molar refractivity (Wildman–Crippen MR) is 61.6 cm³/mol. The Labute approximate surface area is 99.2 Å². The molecule has 0 spiro atoms. The summed E-state index contributed by atoms with van der Waals surface area (Å²) in [6.45, 7) is 3.32. The fourth-order valence-electron chi connectivity index (χ4n) is 1.56. The molecule has 1 atom stereocenters. The van der Waals surface area contributed by atoms with Crippen molar-refractivity contribution in [3.05, 3.63) is 29.6 Å². The van der Waals surface area contributed by atoms with Crippen LogP contribution in [-0.2, 0) is 10.2 Å². The van der Waals surface area contributed by atoms with Crippen molar-refractivity contribution in [3.8, 4) is 5.75 Å². The Morgan fingerprint density at radius 3 is 2.53 bits per heavy atom. The van der Waals surface area contributed by atoms with Crippen molar-refractivity contribution in [2.24, 2.45) is 5.73 Å². The number of carboxylic acid groups (broad SMARTS) is 1. The summed E-state index contributed by atoms with van der Waals surface area (Å²) >= 11 is 0. The Morgan fingerprint density at radius 1 is 1.53 bits per heavy atom. The highest BCUT2D eigenvalue weighted by Crippen LogP contribution is 2.29. The molecular formula is C12H16FNO3. The molecule has 0 aliphatic carbocycles. The molecule has 17 heavy (non-hydrogen) atoms. The maximum Gasteiger partial charge on any atom is 0.321 e. The highest BCUT2D eigenvalue weighted by atomic mass is 19.1. The molecule has 1 aromatic rings. The molecule has 5 heteroatoms. The Morgan fingerprint density at radius 2 is 2.12 bits per heavy atom. The summed E-state index contributed by atoms with van der Waals surface area (Å²) < 4.78 is 18.3. The molecule has 4 nitrogen and oxygen atoms in total. The van der Waals surface area contributed by atoms with Crippen LogP contribution in [0.5, 0.6) is 5.75 Å². The number of carbonyl (C=O) groups is 1. The van der Waals surface area contributed by atoms with Crippen LogP contribution in [0.25, 0.3) is 0 Å². The third-order valence-electron chi connectivity index (χ3n) is 2.94. The third kappa shape index (κ3) is 2.55. The minimum atomic E-state index is -1.12. The first-order chi connectivity index (χ1) is 7.80. The second-order valence-corrected chi connectivity index (χ2v) is 4.39. The van der Waals surface area contributed by atoms with Crippen molar-refractivity contribution in [1.82, 2.24) is 0 Å². The SMILES string of the molecule is COc1ccc(C(C)(C)C(N)C(=O)O)cc1F. The summed E-state index contributed by atoms with van der Waals surface area (Å²) in [5.74, 6) is -1.53. The number of halogens is 1. The van der Waals surface area contributed by atoms with Gasteiger partial charge in [0.1, 0.15) is 6.04 Å². The first-order valence-corrected chi connectivity index (χ1v) is 5.13. The Hall–Kier alpha value is -1.62. The van der Waals surface area contributed by atoms with E-state index in [-0.39, 0.29) is 5.75 Å². The number of rotatable bonds is 4. The van der Waals surface area contributed by atoms with Crippen molar-refractivity contribution in [1.29, 1.82) is 0 Å². The minimum absolute atomic E-state index is 0.119. The van der Waals surface area contributed by atoms with Crippen LogP contribution in [0.4, 0.5) is 4.39 Å². The van der Waals surface area contributed by atoms with Gasteiger partial charge in [-0.25, -0.2) is 4.39 Å². The molecule has 0 aromatic heterocycles. The van der Waals surface area contributed by atoms with E-state index >= 15 is 0 Å². The number of nitrogens with two attached hydrogens (primary N) is 1. The molecule has 0 radical (unpaired) electrons. The number of aliphatic carboxylic acids is 1. The molecule has 0 aliphatic heterocycles. The average molecular weight is 241 g/mol. The highest BCUT2D eigenvalue weighted by molar-refractivity contribution is 5.75. The summed E-state index contributed by atoms with van der Waals surface area (Å²) in [6, 6.07) is 3.23. The minimum Gasteiger partial charge on any atom is -0.494 e. The van der Waals surface area contributed by atoms with Crippen LogP contribution < -0.4 is 10.5 Å². The van der Waals surface area contributed by atoms with Crippen molar-refractivity contribution in [2.75, 3.05) is 7.11 Å². The van der Waals surface area contributed by atoms with Crippen LogP contribution in [0.1, 0.15) is 19.4 Å². The summed E-state index contributed by atoms with van der Waals surface area (Å²) in [4.78, 5) is 10.9. The Kier molecular flexibility index (Phi) is 3.72. The van der Waals surface area contributed by atoms with E-state index in [4.69, 9.17) is 15.6 Å². The van der Waals surface area contributed by atoms with Gasteiger partial charge in [0.15, 0.2) is 11.6 Å². The van der Waals surface area contributed by atoms with Crippen molar-refractivity contribution >= 4 is 5.97 Å². The van der Waals surface area contributed by atoms with Crippen LogP contribution >= 0.6 is 0 Å². The lowest BCUT2D eigenvalue weighted by molar-refractivity contribution is -0.140. The molecule has 0 amide bonds. The standard InChI is InChI=1S/C12H16FNO3/c1-12(2,10(14)11(15)16)7-4-5-9(17-3)8(13)6-7/h4-6,10H,14H2,1-3H3,(H,15,16). The summed E-state index contributed by atoms with van der Waals surface area (Å²) in [5, 5.41) is 8.91. The zero-order valence-electron chi connectivity index (χ0n) is 10.0. The van der Waals surface area contributed by atoms with E-state index in [1.807, 2.05) is 0 Å². The number of hydrogen-bond acceptors (Lipinski definition) is 3. The van der Waals surface area contributed by atoms with Crippen molar-refractivity contribution in [3.63, 3.8) is 0 Å². The van der Waals surface area contributed by atoms with Crippen LogP contribution in [0.15, 0.2) is 18.2 Å². The van der Waals surface area contributed by atoms with Crippen LogP contribution in [0.3, 0.4) is 0 Å². The van der Waals surface area contributed by atoms with Crippen LogP contribution in [-0.4, -0.2) is 24.2 Å². The first kappa shape index (κ1) is 13.4. The lowest BCUT2D eigenvalue weighted by atomic mass is 9.78. The molecule has 0 bridgehead atoms. The first-order valence-electron chi connectivity index (χ1n) is 5.13. The van der Waals surface area contributed by atoms with E-state index in [0.29, 0.717) is 5.56 Å². The second kappa shape index (κ2) is 4.71. The maximum absolute atomic E-state index is 13.5. The van der Waals surface area contributed by atoms with E-state index in [9.17, 15) is 9.18 Å². The summed E-state index contributed by atoms with van der Waals surface area (Å²) in [7, 11) is 1.37. The third-order valence-corrected chi connectivity index (χ3v) is 2.94. The van der Waals surface area contributed by atoms with Gasteiger partial charge in [0.2, 0.25) is 0 Å². The molecule has 0 saturated heterocycles. The summed E-state index contributed by atoms with van der Waals surface area (Å²) in [5.41, 5.74) is 5.25. The molecular weight excluding hydrogens is 225 g/mol. The Balaban J connectivity index is 3.15. The predicted octanol–water partition coefficient (Wildman–Crippen LogP) is 1.52. The van der Waals surface area contributed by atoms with E-state index in [1.54, 1.807) is 19.9 Å². The number of hydrogen-bond donors (Lipinski definition) is 2. The second-order valence-electron chi connectivity index (χ2n) is 4.39. The van der Waals surface area contributed by atoms with Gasteiger partial charge < -0.3 is 15.6 Å². The van der Waals surface area contributed by atoms with Gasteiger partial charge in [-0.05, 0) is 17.7 Å². The van der Waals surface area contributed by atoms with E-state index in [2.05, 4.69) is 0 Å². The smallest absolute Gasteiger partial charge is 0.321 e. The van der Waals surface area contributed by atoms with Crippen molar-refractivity contribution in [2.45, 2.75) is 25.3 Å². The quantitative estimate of drug-likeness (QED) is 0.838. The van der Waals surface area contributed by atoms with E-state index in [1.165, 1.54) is 19.2 Å². The normalized spacial score (nSPS) is 13.2. The fourth-order valence-corrected chi connectivity index (χ4v) is 1.56. The molecule has 0 heterocycles. The molecule has 1 rings (SSSR count). The zero-order valence-corrected chi connectivity index (χ0v) is 10.0. The monoisotopic (exact) mass is 241 g/mol. The number of benzene rings is 1. The molecule has 0 aliphatic rings. The van der Waals surface area contributed by atoms with Gasteiger partial charge in [-0.2, -0.15) is 0 Å². The molecule has 1 aromatic carbocycles. The number of methoxy groups -OCH3 is 1. The highest BCUT2D eigenvalue weighted by Gasteiger charge is 2.34. The fraction of sp³-hybridized carbons (Fsp3) is 0.417. The average Bonchev–Trinajstić information content (AvgIpc) is 2.27. The van der Waals surface area contributed by atoms with Gasteiger partial charge in [0, 0.05) is 5.41 Å². The van der Waals surface area contributed by atoms with Gasteiger partial charge in [-0.1, -0.05) is 19.9 Å². The zero-order chi connectivity index (χ0) is 13.2. The molecule has 94 valence electrons. The van der Waals surface area contributed by atoms with Crippen LogP contribution in [0, 0.1) is 5.82 Å².